The number of benzene rings is 14. The maximum Gasteiger partial charge on any atom is 0.143 e. The lowest BCUT2D eigenvalue weighted by molar-refractivity contribution is 0.657. The minimum absolute atomic E-state index is 0.379. The van der Waals surface area contributed by atoms with Gasteiger partial charge in [0.25, 0.3) is 0 Å². The maximum atomic E-state index is 7.00. The lowest BCUT2D eigenvalue weighted by Gasteiger charge is -2.33. The molecule has 14 aromatic carbocycles. The van der Waals surface area contributed by atoms with Crippen molar-refractivity contribution in [3.05, 3.63) is 352 Å². The first-order chi connectivity index (χ1) is 46.2. The van der Waals surface area contributed by atoms with E-state index in [1.165, 1.54) is 150 Å². The highest BCUT2D eigenvalue weighted by atomic mass is 16.3. The van der Waals surface area contributed by atoms with Gasteiger partial charge in [-0.2, -0.15) is 0 Å². The Labute approximate surface area is 545 Å². The fourth-order valence-electron chi connectivity index (χ4n) is 18.6. The molecule has 21 rings (SSSR count). The molecule has 0 aliphatic heterocycles. The molecule has 3 nitrogen and oxygen atoms in total. The van der Waals surface area contributed by atoms with Gasteiger partial charge in [0.15, 0.2) is 0 Å². The van der Waals surface area contributed by atoms with Crippen LogP contribution in [0, 0.1) is 13.8 Å². The molecule has 0 atom stereocenters. The summed E-state index contributed by atoms with van der Waals surface area (Å²) < 4.78 is 13.8. The average molecular weight is 1200 g/mol. The summed E-state index contributed by atoms with van der Waals surface area (Å²) in [5, 5.41) is 4.63. The molecule has 0 fully saturated rings. The lowest BCUT2D eigenvalue weighted by atomic mass is 9.68. The van der Waals surface area contributed by atoms with Gasteiger partial charge in [0, 0.05) is 49.6 Å². The number of hydrogen-bond acceptors (Lipinski definition) is 3. The second kappa shape index (κ2) is 18.4. The van der Waals surface area contributed by atoms with Gasteiger partial charge in [-0.15, -0.1) is 0 Å². The monoisotopic (exact) mass is 1200 g/mol. The normalized spacial score (nSPS) is 14.6. The SMILES string of the molecule is Cc1cc(C)cc(-c2cc3c(c4c2oc2ccccc24)-c2ccc(N(c4ccc(-c5ccccc5)cc4)c4ccc5c(c4)C4(c6ccccc6-c6ccccc64)c4cc6c(cc4-5)C4(c5ccccc5-c5ccccc54)c4ccc5oc7ccccc7c5c4-6)cc2C3(C)C)c1. The van der Waals surface area contributed by atoms with Crippen molar-refractivity contribution in [3.63, 3.8) is 0 Å². The van der Waals surface area contributed by atoms with E-state index in [4.69, 9.17) is 8.83 Å². The van der Waals surface area contributed by atoms with Crippen LogP contribution in [0.1, 0.15) is 80.6 Å². The molecular weight excluding hydrogens is 1140 g/mol. The Morgan fingerprint density at radius 2 is 0.723 bits per heavy atom. The summed E-state index contributed by atoms with van der Waals surface area (Å²) in [7, 11) is 0. The minimum atomic E-state index is -0.687. The number of furan rings is 2. The second-order valence-corrected chi connectivity index (χ2v) is 27.4. The molecule has 440 valence electrons. The van der Waals surface area contributed by atoms with Crippen LogP contribution in [0.25, 0.3) is 122 Å². The fourth-order valence-corrected chi connectivity index (χ4v) is 18.6. The molecule has 3 heteroatoms. The van der Waals surface area contributed by atoms with E-state index < -0.39 is 10.8 Å². The van der Waals surface area contributed by atoms with E-state index in [-0.39, 0.29) is 5.41 Å². The minimum Gasteiger partial charge on any atom is -0.456 e. The Balaban J connectivity index is 0.827. The summed E-state index contributed by atoms with van der Waals surface area (Å²) in [6.45, 7) is 9.24. The summed E-state index contributed by atoms with van der Waals surface area (Å²) in [6.07, 6.45) is 0. The molecule has 0 amide bonds. The number of hydrogen-bond donors (Lipinski definition) is 0. The Bertz CT molecular complexity index is 5940. The largest absolute Gasteiger partial charge is 0.456 e. The number of para-hydroxylation sites is 2. The van der Waals surface area contributed by atoms with E-state index in [2.05, 4.69) is 318 Å². The van der Waals surface area contributed by atoms with Crippen molar-refractivity contribution in [1.29, 1.82) is 0 Å². The molecule has 5 aliphatic rings. The number of rotatable bonds is 5. The van der Waals surface area contributed by atoms with E-state index in [9.17, 15) is 0 Å². The molecule has 16 aromatic rings. The topological polar surface area (TPSA) is 29.5 Å². The fraction of sp³-hybridized carbons (Fsp3) is 0.0769. The van der Waals surface area contributed by atoms with E-state index in [0.717, 1.165) is 55.7 Å². The Kier molecular flexibility index (Phi) is 10.2. The lowest BCUT2D eigenvalue weighted by Crippen LogP contribution is -2.27. The van der Waals surface area contributed by atoms with E-state index in [1.54, 1.807) is 0 Å². The van der Waals surface area contributed by atoms with Gasteiger partial charge >= 0.3 is 0 Å². The number of anilines is 3. The van der Waals surface area contributed by atoms with Crippen molar-refractivity contribution in [2.75, 3.05) is 4.90 Å². The van der Waals surface area contributed by atoms with E-state index in [1.807, 2.05) is 0 Å². The van der Waals surface area contributed by atoms with Crippen LogP contribution < -0.4 is 4.90 Å². The highest BCUT2D eigenvalue weighted by Crippen LogP contribution is 2.70. The van der Waals surface area contributed by atoms with Crippen LogP contribution in [-0.2, 0) is 16.2 Å². The van der Waals surface area contributed by atoms with Gasteiger partial charge in [0.1, 0.15) is 22.3 Å². The maximum absolute atomic E-state index is 7.00. The number of aryl methyl sites for hydroxylation is 2. The van der Waals surface area contributed by atoms with Crippen molar-refractivity contribution in [2.24, 2.45) is 0 Å². The predicted octanol–water partition coefficient (Wildman–Crippen LogP) is 23.9. The van der Waals surface area contributed by atoms with Crippen LogP contribution in [0.2, 0.25) is 0 Å². The molecule has 2 spiro atoms. The van der Waals surface area contributed by atoms with Crippen molar-refractivity contribution >= 4 is 60.9 Å². The van der Waals surface area contributed by atoms with E-state index >= 15 is 0 Å². The first-order valence-electron chi connectivity index (χ1n) is 33.0. The Morgan fingerprint density at radius 3 is 1.36 bits per heavy atom. The van der Waals surface area contributed by atoms with Crippen molar-refractivity contribution in [1.82, 2.24) is 0 Å². The van der Waals surface area contributed by atoms with Crippen molar-refractivity contribution < 1.29 is 8.83 Å². The second-order valence-electron chi connectivity index (χ2n) is 27.4. The van der Waals surface area contributed by atoms with Crippen LogP contribution in [0.4, 0.5) is 17.1 Å². The van der Waals surface area contributed by atoms with Crippen LogP contribution in [0.3, 0.4) is 0 Å². The molecule has 5 aliphatic carbocycles. The standard InChI is InChI=1S/C91H59NO2/c1-52-44-53(2)46-56(45-52)68-49-80-84(87-67-27-13-19-33-82(67)94-88(68)87)65-41-39-58(47-76(65)89(80,3)4)92(57-36-34-55(35-37-57)54-20-6-5-7-21-54)59-38-40-64-69-50-79-70(51-78(69)91(77(64)48-59)73-30-16-10-24-62(73)63-25-11-17-31-74(63)91)85-75(42-43-83-86(85)66-26-12-18-32-81(66)93-83)90(79)71-28-14-8-22-60(71)61-23-9-15-29-72(61)90/h5-51H,1-4H3. The molecule has 0 radical (unpaired) electrons. The molecule has 94 heavy (non-hydrogen) atoms. The zero-order valence-corrected chi connectivity index (χ0v) is 52.4. The number of nitrogens with zero attached hydrogens (tertiary/aromatic N) is 1. The van der Waals surface area contributed by atoms with Gasteiger partial charge in [-0.25, -0.2) is 0 Å². The first-order valence-corrected chi connectivity index (χ1v) is 33.0. The Morgan fingerprint density at radius 1 is 0.266 bits per heavy atom. The summed E-state index contributed by atoms with van der Waals surface area (Å²) in [6, 6.07) is 108. The molecule has 0 unspecified atom stereocenters. The molecule has 0 saturated heterocycles. The molecule has 2 heterocycles. The van der Waals surface area contributed by atoms with Gasteiger partial charge in [0.05, 0.1) is 10.8 Å². The van der Waals surface area contributed by atoms with Crippen LogP contribution in [0.15, 0.2) is 294 Å². The highest BCUT2D eigenvalue weighted by Gasteiger charge is 2.57. The number of fused-ring (bicyclic) bond motifs is 31. The summed E-state index contributed by atoms with van der Waals surface area (Å²) in [5.74, 6) is 0. The van der Waals surface area contributed by atoms with Gasteiger partial charge in [-0.05, 0) is 215 Å². The summed E-state index contributed by atoms with van der Waals surface area (Å²) in [4.78, 5) is 2.53. The van der Waals surface area contributed by atoms with E-state index in [0.29, 0.717) is 0 Å². The first kappa shape index (κ1) is 52.1. The predicted molar refractivity (Wildman–Crippen MR) is 386 cm³/mol. The quantitative estimate of drug-likeness (QED) is 0.172. The van der Waals surface area contributed by atoms with Crippen LogP contribution in [-0.4, -0.2) is 0 Å². The molecule has 0 saturated carbocycles. The average Bonchev–Trinajstić information content (AvgIpc) is 1.50. The highest BCUT2D eigenvalue weighted by molar-refractivity contribution is 6.20. The molecule has 2 aromatic heterocycles. The molecular formula is C91H59NO2. The molecule has 0 N–H and O–H groups in total. The Hall–Kier alpha value is -11.5. The van der Waals surface area contributed by atoms with Crippen LogP contribution in [0.5, 0.6) is 0 Å². The van der Waals surface area contributed by atoms with Crippen LogP contribution >= 0.6 is 0 Å². The van der Waals surface area contributed by atoms with Crippen molar-refractivity contribution in [3.8, 4) is 77.9 Å². The van der Waals surface area contributed by atoms with Gasteiger partial charge < -0.3 is 13.7 Å². The van der Waals surface area contributed by atoms with Gasteiger partial charge in [0.2, 0.25) is 0 Å². The summed E-state index contributed by atoms with van der Waals surface area (Å²) >= 11 is 0. The third kappa shape index (κ3) is 6.51. The van der Waals surface area contributed by atoms with Crippen molar-refractivity contribution in [2.45, 2.75) is 43.9 Å². The molecule has 0 bridgehead atoms. The van der Waals surface area contributed by atoms with Gasteiger partial charge in [-0.1, -0.05) is 237 Å². The zero-order chi connectivity index (χ0) is 62.1. The smallest absolute Gasteiger partial charge is 0.143 e. The third-order valence-electron chi connectivity index (χ3n) is 22.3. The third-order valence-corrected chi connectivity index (χ3v) is 22.3. The zero-order valence-electron chi connectivity index (χ0n) is 52.4. The van der Waals surface area contributed by atoms with Gasteiger partial charge in [-0.3, -0.25) is 0 Å². The summed E-state index contributed by atoms with van der Waals surface area (Å²) in [5.41, 5.74) is 38.1.